The second kappa shape index (κ2) is 6.66. The molecule has 3 N–H and O–H groups in total. The summed E-state index contributed by atoms with van der Waals surface area (Å²) in [5, 5.41) is 15.4. The highest BCUT2D eigenvalue weighted by atomic mass is 32.2. The van der Waals surface area contributed by atoms with Crippen molar-refractivity contribution in [1.29, 1.82) is 0 Å². The molecule has 1 fully saturated rings. The number of aromatic hydroxyl groups is 1. The molecule has 4 nitrogen and oxygen atoms in total. The third-order valence-corrected chi connectivity index (χ3v) is 3.93. The summed E-state index contributed by atoms with van der Waals surface area (Å²) in [7, 11) is 0. The minimum atomic E-state index is 0.0572. The molecular formula is C13H18N2O2S. The number of thioether (sulfide) groups is 1. The molecule has 18 heavy (non-hydrogen) atoms. The predicted molar refractivity (Wildman–Crippen MR) is 72.9 cm³/mol. The van der Waals surface area contributed by atoms with Gasteiger partial charge < -0.3 is 15.7 Å². The molecule has 0 saturated carbocycles. The monoisotopic (exact) mass is 266 g/mol. The van der Waals surface area contributed by atoms with Crippen LogP contribution < -0.4 is 10.6 Å². The summed E-state index contributed by atoms with van der Waals surface area (Å²) in [5.74, 6) is 0.718. The van der Waals surface area contributed by atoms with Gasteiger partial charge in [0.15, 0.2) is 0 Å². The van der Waals surface area contributed by atoms with E-state index < -0.39 is 0 Å². The average Bonchev–Trinajstić information content (AvgIpc) is 2.89. The molecular weight excluding hydrogens is 248 g/mol. The molecule has 98 valence electrons. The SMILES string of the molecule is O=C(CSc1ccc(O)cc1)NCC1CCCN1. The number of carbonyl (C=O) groups excluding carboxylic acids is 1. The van der Waals surface area contributed by atoms with Crippen LogP contribution in [0.2, 0.25) is 0 Å². The number of phenols is 1. The lowest BCUT2D eigenvalue weighted by Gasteiger charge is -2.11. The molecule has 1 heterocycles. The van der Waals surface area contributed by atoms with Gasteiger partial charge in [-0.1, -0.05) is 0 Å². The molecule has 1 aliphatic heterocycles. The molecule has 2 rings (SSSR count). The Morgan fingerprint density at radius 2 is 2.22 bits per heavy atom. The molecule has 1 aromatic carbocycles. The number of nitrogens with one attached hydrogen (secondary N) is 2. The Kier molecular flexibility index (Phi) is 4.90. The Labute approximate surface area is 111 Å². The van der Waals surface area contributed by atoms with Gasteiger partial charge in [0.2, 0.25) is 5.91 Å². The summed E-state index contributed by atoms with van der Waals surface area (Å²) in [6.07, 6.45) is 2.34. The number of hydrogen-bond acceptors (Lipinski definition) is 4. The zero-order chi connectivity index (χ0) is 12.8. The molecule has 5 heteroatoms. The van der Waals surface area contributed by atoms with Crippen LogP contribution in [0, 0.1) is 0 Å². The van der Waals surface area contributed by atoms with Crippen LogP contribution in [0.3, 0.4) is 0 Å². The topological polar surface area (TPSA) is 61.4 Å². The van der Waals surface area contributed by atoms with Gasteiger partial charge in [-0.25, -0.2) is 0 Å². The fourth-order valence-corrected chi connectivity index (χ4v) is 2.64. The Hall–Kier alpha value is -1.20. The molecule has 1 atom stereocenters. The van der Waals surface area contributed by atoms with Gasteiger partial charge in [-0.2, -0.15) is 0 Å². The van der Waals surface area contributed by atoms with Gasteiger partial charge in [0, 0.05) is 17.5 Å². The Morgan fingerprint density at radius 1 is 1.44 bits per heavy atom. The van der Waals surface area contributed by atoms with E-state index in [4.69, 9.17) is 5.11 Å². The summed E-state index contributed by atoms with van der Waals surface area (Å²) in [6, 6.07) is 7.32. The van der Waals surface area contributed by atoms with Gasteiger partial charge in [-0.3, -0.25) is 4.79 Å². The molecule has 1 amide bonds. The van der Waals surface area contributed by atoms with Gasteiger partial charge in [0.05, 0.1) is 5.75 Å². The maximum Gasteiger partial charge on any atom is 0.230 e. The Balaban J connectivity index is 1.66. The average molecular weight is 266 g/mol. The van der Waals surface area contributed by atoms with Crippen molar-refractivity contribution in [3.05, 3.63) is 24.3 Å². The van der Waals surface area contributed by atoms with E-state index in [1.165, 1.54) is 18.2 Å². The normalized spacial score (nSPS) is 18.8. The lowest BCUT2D eigenvalue weighted by atomic mass is 10.2. The standard InChI is InChI=1S/C13H18N2O2S/c16-11-3-5-12(6-4-11)18-9-13(17)15-8-10-2-1-7-14-10/h3-6,10,14,16H,1-2,7-9H2,(H,15,17). The summed E-state index contributed by atoms with van der Waals surface area (Å²) < 4.78 is 0. The zero-order valence-corrected chi connectivity index (χ0v) is 11.0. The largest absolute Gasteiger partial charge is 0.508 e. The van der Waals surface area contributed by atoms with Crippen molar-refractivity contribution in [3.63, 3.8) is 0 Å². The minimum absolute atomic E-state index is 0.0572. The van der Waals surface area contributed by atoms with Crippen molar-refractivity contribution >= 4 is 17.7 Å². The number of phenolic OH excluding ortho intramolecular Hbond substituents is 1. The number of hydrogen-bond donors (Lipinski definition) is 3. The second-order valence-electron chi connectivity index (χ2n) is 4.38. The van der Waals surface area contributed by atoms with Gasteiger partial charge >= 0.3 is 0 Å². The molecule has 1 aliphatic rings. The van der Waals surface area contributed by atoms with E-state index >= 15 is 0 Å². The quantitative estimate of drug-likeness (QED) is 0.704. The van der Waals surface area contributed by atoms with Crippen LogP contribution in [0.1, 0.15) is 12.8 Å². The van der Waals surface area contributed by atoms with E-state index in [9.17, 15) is 4.79 Å². The van der Waals surface area contributed by atoms with Crippen LogP contribution in [0.5, 0.6) is 5.75 Å². The first-order chi connectivity index (χ1) is 8.74. The summed E-state index contributed by atoms with van der Waals surface area (Å²) in [5.41, 5.74) is 0. The summed E-state index contributed by atoms with van der Waals surface area (Å²) >= 11 is 1.48. The third-order valence-electron chi connectivity index (χ3n) is 2.91. The van der Waals surface area contributed by atoms with Gasteiger partial charge in [-0.15, -0.1) is 11.8 Å². The first-order valence-corrected chi connectivity index (χ1v) is 7.14. The smallest absolute Gasteiger partial charge is 0.230 e. The van der Waals surface area contributed by atoms with Crippen LogP contribution in [0.4, 0.5) is 0 Å². The summed E-state index contributed by atoms with van der Waals surface area (Å²) in [4.78, 5) is 12.6. The molecule has 0 bridgehead atoms. The van der Waals surface area contributed by atoms with E-state index in [0.29, 0.717) is 11.8 Å². The summed E-state index contributed by atoms with van der Waals surface area (Å²) in [6.45, 7) is 1.78. The molecule has 0 spiro atoms. The van der Waals surface area contributed by atoms with E-state index in [1.807, 2.05) is 12.1 Å². The lowest BCUT2D eigenvalue weighted by molar-refractivity contribution is -0.118. The molecule has 1 saturated heterocycles. The van der Waals surface area contributed by atoms with E-state index in [0.717, 1.165) is 24.4 Å². The van der Waals surface area contributed by atoms with Crippen molar-refractivity contribution in [3.8, 4) is 5.75 Å². The molecule has 1 aromatic rings. The first kappa shape index (κ1) is 13.2. The fourth-order valence-electron chi connectivity index (χ4n) is 1.91. The Bertz CT molecular complexity index is 388. The number of rotatable bonds is 5. The van der Waals surface area contributed by atoms with E-state index in [-0.39, 0.29) is 11.7 Å². The number of benzene rings is 1. The van der Waals surface area contributed by atoms with Crippen LogP contribution >= 0.6 is 11.8 Å². The van der Waals surface area contributed by atoms with Gasteiger partial charge in [0.1, 0.15) is 5.75 Å². The third kappa shape index (κ3) is 4.23. The molecule has 1 unspecified atom stereocenters. The van der Waals surface area contributed by atoms with Crippen molar-refractivity contribution < 1.29 is 9.90 Å². The van der Waals surface area contributed by atoms with Gasteiger partial charge in [0.25, 0.3) is 0 Å². The van der Waals surface area contributed by atoms with Crippen LogP contribution in [0.15, 0.2) is 29.2 Å². The molecule has 0 aliphatic carbocycles. The van der Waals surface area contributed by atoms with E-state index in [2.05, 4.69) is 10.6 Å². The highest BCUT2D eigenvalue weighted by Gasteiger charge is 2.14. The highest BCUT2D eigenvalue weighted by molar-refractivity contribution is 8.00. The predicted octanol–water partition coefficient (Wildman–Crippen LogP) is 1.35. The van der Waals surface area contributed by atoms with E-state index in [1.54, 1.807) is 12.1 Å². The van der Waals surface area contributed by atoms with Crippen LogP contribution in [0.25, 0.3) is 0 Å². The Morgan fingerprint density at radius 3 is 2.89 bits per heavy atom. The molecule has 0 radical (unpaired) electrons. The number of amides is 1. The van der Waals surface area contributed by atoms with Crippen molar-refractivity contribution in [2.45, 2.75) is 23.8 Å². The fraction of sp³-hybridized carbons (Fsp3) is 0.462. The van der Waals surface area contributed by atoms with Crippen LogP contribution in [-0.4, -0.2) is 35.9 Å². The minimum Gasteiger partial charge on any atom is -0.508 e. The van der Waals surface area contributed by atoms with Crippen molar-refractivity contribution in [2.24, 2.45) is 0 Å². The maximum atomic E-state index is 11.6. The lowest BCUT2D eigenvalue weighted by Crippen LogP contribution is -2.37. The zero-order valence-electron chi connectivity index (χ0n) is 10.2. The van der Waals surface area contributed by atoms with Gasteiger partial charge in [-0.05, 0) is 43.7 Å². The maximum absolute atomic E-state index is 11.6. The highest BCUT2D eigenvalue weighted by Crippen LogP contribution is 2.20. The second-order valence-corrected chi connectivity index (χ2v) is 5.43. The van der Waals surface area contributed by atoms with Crippen LogP contribution in [-0.2, 0) is 4.79 Å². The number of carbonyl (C=O) groups is 1. The first-order valence-electron chi connectivity index (χ1n) is 6.16. The van der Waals surface area contributed by atoms with Crippen molar-refractivity contribution in [1.82, 2.24) is 10.6 Å². The molecule has 0 aromatic heterocycles. The van der Waals surface area contributed by atoms with Crippen molar-refractivity contribution in [2.75, 3.05) is 18.8 Å².